The van der Waals surface area contributed by atoms with Gasteiger partial charge in [-0.2, -0.15) is 4.98 Å². The number of pyridine rings is 1. The molecular weight excluding hydrogens is 390 g/mol. The minimum absolute atomic E-state index is 0.209. The van der Waals surface area contributed by atoms with Gasteiger partial charge in [-0.3, -0.25) is 4.90 Å². The predicted molar refractivity (Wildman–Crippen MR) is 121 cm³/mol. The Hall–Kier alpha value is -3.58. The second-order valence-electron chi connectivity index (χ2n) is 7.68. The van der Waals surface area contributed by atoms with Crippen LogP contribution in [0.1, 0.15) is 12.8 Å². The van der Waals surface area contributed by atoms with E-state index in [1.807, 2.05) is 54.6 Å². The summed E-state index contributed by atoms with van der Waals surface area (Å²) >= 11 is 0. The molecule has 1 saturated heterocycles. The number of para-hydroxylation sites is 1. The number of aromatic nitrogens is 3. The zero-order valence-electron chi connectivity index (χ0n) is 17.2. The summed E-state index contributed by atoms with van der Waals surface area (Å²) in [4.78, 5) is 7.00. The highest BCUT2D eigenvalue weighted by Gasteiger charge is 2.12. The van der Waals surface area contributed by atoms with Gasteiger partial charge in [-0.05, 0) is 74.5 Å². The molecule has 0 radical (unpaired) electrons. The van der Waals surface area contributed by atoms with Crippen molar-refractivity contribution in [2.75, 3.05) is 31.6 Å². The lowest BCUT2D eigenvalue weighted by Crippen LogP contribution is -2.25. The highest BCUT2D eigenvalue weighted by atomic mass is 16.5. The van der Waals surface area contributed by atoms with Crippen molar-refractivity contribution in [2.24, 2.45) is 0 Å². The van der Waals surface area contributed by atoms with Crippen molar-refractivity contribution in [3.63, 3.8) is 0 Å². The van der Waals surface area contributed by atoms with Gasteiger partial charge in [0.25, 0.3) is 0 Å². The lowest BCUT2D eigenvalue weighted by Gasteiger charge is -2.15. The first-order valence-corrected chi connectivity index (χ1v) is 10.6. The zero-order valence-corrected chi connectivity index (χ0v) is 17.2. The van der Waals surface area contributed by atoms with Crippen LogP contribution < -0.4 is 10.1 Å². The zero-order chi connectivity index (χ0) is 21.0. The quantitative estimate of drug-likeness (QED) is 0.468. The molecule has 0 amide bonds. The molecule has 2 N–H and O–H groups in total. The topological polar surface area (TPSA) is 74.9 Å². The van der Waals surface area contributed by atoms with Gasteiger partial charge in [-0.25, -0.2) is 4.52 Å². The number of anilines is 2. The number of phenolic OH excluding ortho intramolecular Hbond substituents is 1. The van der Waals surface area contributed by atoms with Gasteiger partial charge >= 0.3 is 0 Å². The summed E-state index contributed by atoms with van der Waals surface area (Å²) in [7, 11) is 0. The normalized spacial score (nSPS) is 14.2. The average Bonchev–Trinajstić information content (AvgIpc) is 3.45. The second-order valence-corrected chi connectivity index (χ2v) is 7.68. The summed E-state index contributed by atoms with van der Waals surface area (Å²) in [6.07, 6.45) is 2.59. The van der Waals surface area contributed by atoms with Crippen molar-refractivity contribution in [3.05, 3.63) is 66.7 Å². The van der Waals surface area contributed by atoms with Crippen LogP contribution in [0.15, 0.2) is 66.7 Å². The van der Waals surface area contributed by atoms with Gasteiger partial charge in [-0.1, -0.05) is 18.2 Å². The van der Waals surface area contributed by atoms with Crippen molar-refractivity contribution in [1.82, 2.24) is 19.5 Å². The third kappa shape index (κ3) is 4.32. The van der Waals surface area contributed by atoms with E-state index in [1.54, 1.807) is 16.6 Å². The summed E-state index contributed by atoms with van der Waals surface area (Å²) in [6.45, 7) is 4.05. The van der Waals surface area contributed by atoms with E-state index in [2.05, 4.69) is 20.3 Å². The molecule has 0 saturated carbocycles. The molecule has 2 aromatic heterocycles. The van der Waals surface area contributed by atoms with Gasteiger partial charge in [0.1, 0.15) is 18.1 Å². The highest BCUT2D eigenvalue weighted by molar-refractivity contribution is 5.69. The van der Waals surface area contributed by atoms with Crippen molar-refractivity contribution in [3.8, 4) is 22.8 Å². The van der Waals surface area contributed by atoms with Gasteiger partial charge < -0.3 is 15.2 Å². The van der Waals surface area contributed by atoms with Gasteiger partial charge in [-0.15, -0.1) is 5.10 Å². The number of phenols is 1. The van der Waals surface area contributed by atoms with Crippen LogP contribution in [-0.2, 0) is 0 Å². The Morgan fingerprint density at radius 3 is 2.55 bits per heavy atom. The van der Waals surface area contributed by atoms with E-state index in [4.69, 9.17) is 4.74 Å². The second kappa shape index (κ2) is 8.65. The number of hydrogen-bond donors (Lipinski definition) is 2. The molecule has 158 valence electrons. The maximum Gasteiger partial charge on any atom is 0.247 e. The van der Waals surface area contributed by atoms with E-state index >= 15 is 0 Å². The Morgan fingerprint density at radius 1 is 0.935 bits per heavy atom. The first kappa shape index (κ1) is 19.4. The van der Waals surface area contributed by atoms with E-state index in [-0.39, 0.29) is 5.75 Å². The van der Waals surface area contributed by atoms with Gasteiger partial charge in [0.05, 0.1) is 5.69 Å². The predicted octanol–water partition coefficient (Wildman–Crippen LogP) is 4.32. The molecule has 0 aliphatic carbocycles. The fourth-order valence-corrected chi connectivity index (χ4v) is 3.91. The molecule has 2 aromatic carbocycles. The van der Waals surface area contributed by atoms with E-state index in [0.717, 1.165) is 23.7 Å². The fraction of sp³-hybridized carbons (Fsp3) is 0.250. The summed E-state index contributed by atoms with van der Waals surface area (Å²) < 4.78 is 7.60. The van der Waals surface area contributed by atoms with E-state index < -0.39 is 0 Å². The molecular formula is C24H25N5O2. The molecule has 7 heteroatoms. The Labute approximate surface area is 180 Å². The Kier molecular flexibility index (Phi) is 5.41. The Morgan fingerprint density at radius 2 is 1.74 bits per heavy atom. The monoisotopic (exact) mass is 415 g/mol. The van der Waals surface area contributed by atoms with Crippen LogP contribution in [0.2, 0.25) is 0 Å². The number of nitrogens with zero attached hydrogens (tertiary/aromatic N) is 4. The molecule has 31 heavy (non-hydrogen) atoms. The maximum absolute atomic E-state index is 10.2. The molecule has 0 spiro atoms. The minimum atomic E-state index is 0.209. The first-order chi connectivity index (χ1) is 15.3. The van der Waals surface area contributed by atoms with Gasteiger partial charge in [0.15, 0.2) is 5.65 Å². The average molecular weight is 415 g/mol. The summed E-state index contributed by atoms with van der Waals surface area (Å²) in [5.41, 5.74) is 3.06. The third-order valence-electron chi connectivity index (χ3n) is 5.53. The highest BCUT2D eigenvalue weighted by Crippen LogP contribution is 2.29. The van der Waals surface area contributed by atoms with Gasteiger partial charge in [0.2, 0.25) is 5.95 Å². The largest absolute Gasteiger partial charge is 0.507 e. The fourth-order valence-electron chi connectivity index (χ4n) is 3.91. The van der Waals surface area contributed by atoms with Crippen molar-refractivity contribution >= 4 is 17.3 Å². The lowest BCUT2D eigenvalue weighted by atomic mass is 10.1. The molecule has 0 bridgehead atoms. The molecule has 4 aromatic rings. The summed E-state index contributed by atoms with van der Waals surface area (Å²) in [6, 6.07) is 20.7. The number of likely N-dealkylation sites (tertiary alicyclic amines) is 1. The van der Waals surface area contributed by atoms with Gasteiger partial charge in [0, 0.05) is 17.8 Å². The number of rotatable bonds is 7. The number of nitrogens with one attached hydrogen (secondary N) is 1. The lowest BCUT2D eigenvalue weighted by molar-refractivity contribution is 0.238. The van der Waals surface area contributed by atoms with Crippen LogP contribution in [0.5, 0.6) is 11.5 Å². The van der Waals surface area contributed by atoms with Crippen molar-refractivity contribution in [2.45, 2.75) is 12.8 Å². The SMILES string of the molecule is Oc1ccccc1-c1cccc2nc(Nc3ccc(OCCN4CCCC4)cc3)nn12. The summed E-state index contributed by atoms with van der Waals surface area (Å²) in [5, 5.41) is 18.1. The van der Waals surface area contributed by atoms with Crippen molar-refractivity contribution < 1.29 is 9.84 Å². The van der Waals surface area contributed by atoms with Crippen LogP contribution in [0.25, 0.3) is 16.9 Å². The minimum Gasteiger partial charge on any atom is -0.507 e. The first-order valence-electron chi connectivity index (χ1n) is 10.6. The van der Waals surface area contributed by atoms with Crippen LogP contribution in [0.4, 0.5) is 11.6 Å². The summed E-state index contributed by atoms with van der Waals surface area (Å²) in [5.74, 6) is 1.56. The van der Waals surface area contributed by atoms with Crippen molar-refractivity contribution in [1.29, 1.82) is 0 Å². The number of hydrogen-bond acceptors (Lipinski definition) is 6. The molecule has 1 aliphatic rings. The molecule has 0 atom stereocenters. The molecule has 1 fully saturated rings. The maximum atomic E-state index is 10.2. The van der Waals surface area contributed by atoms with Crippen LogP contribution in [0, 0.1) is 0 Å². The standard InChI is InChI=1S/C24H25N5O2/c30-22-8-2-1-6-20(22)21-7-5-9-23-26-24(27-29(21)23)25-18-10-12-19(13-11-18)31-17-16-28-14-3-4-15-28/h1-2,5-13,30H,3-4,14-17H2,(H,25,27). The van der Waals surface area contributed by atoms with Crippen LogP contribution >= 0.6 is 0 Å². The molecule has 1 aliphatic heterocycles. The van der Waals surface area contributed by atoms with E-state index in [1.165, 1.54) is 25.9 Å². The van der Waals surface area contributed by atoms with Crippen LogP contribution in [0.3, 0.4) is 0 Å². The van der Waals surface area contributed by atoms with E-state index in [0.29, 0.717) is 23.8 Å². The van der Waals surface area contributed by atoms with Crippen LogP contribution in [-0.4, -0.2) is 50.8 Å². The number of ether oxygens (including phenoxy) is 1. The molecule has 3 heterocycles. The Bertz CT molecular complexity index is 1170. The smallest absolute Gasteiger partial charge is 0.247 e. The number of benzene rings is 2. The third-order valence-corrected chi connectivity index (χ3v) is 5.53. The molecule has 0 unspecified atom stereocenters. The number of fused-ring (bicyclic) bond motifs is 1. The molecule has 7 nitrogen and oxygen atoms in total. The van der Waals surface area contributed by atoms with E-state index in [9.17, 15) is 5.11 Å². The molecule has 5 rings (SSSR count). The number of aromatic hydroxyl groups is 1. The Balaban J connectivity index is 1.28.